The van der Waals surface area contributed by atoms with Gasteiger partial charge < -0.3 is 10.2 Å². The Labute approximate surface area is 181 Å². The van der Waals surface area contributed by atoms with Gasteiger partial charge in [-0.15, -0.1) is 0 Å². The van der Waals surface area contributed by atoms with Crippen LogP contribution in [-0.4, -0.2) is 10.2 Å². The van der Waals surface area contributed by atoms with Crippen molar-refractivity contribution in [3.8, 4) is 11.1 Å². The molecule has 0 bridgehead atoms. The standard InChI is InChI=1S/C29H22O2/c1-19(30)23-17-15-20-9-5-7-13-24(20)27(23)28-25-14-8-6-10-21(25)16-18-26(28)29(31)22-11-3-2-4-12-22/h2-18,29-31H,1H2/t29-/m0/s1. The Morgan fingerprint density at radius 1 is 0.613 bits per heavy atom. The molecule has 0 aliphatic carbocycles. The van der Waals surface area contributed by atoms with Crippen LogP contribution in [0.2, 0.25) is 0 Å². The van der Waals surface area contributed by atoms with Crippen LogP contribution in [0.4, 0.5) is 0 Å². The molecular weight excluding hydrogens is 380 g/mol. The van der Waals surface area contributed by atoms with Gasteiger partial charge in [0.15, 0.2) is 0 Å². The molecule has 31 heavy (non-hydrogen) atoms. The maximum Gasteiger partial charge on any atom is 0.116 e. The van der Waals surface area contributed by atoms with Crippen molar-refractivity contribution in [3.63, 3.8) is 0 Å². The summed E-state index contributed by atoms with van der Waals surface area (Å²) < 4.78 is 0. The molecule has 2 N–H and O–H groups in total. The molecule has 5 aromatic rings. The Morgan fingerprint density at radius 3 is 1.81 bits per heavy atom. The van der Waals surface area contributed by atoms with Gasteiger partial charge in [0, 0.05) is 11.1 Å². The van der Waals surface area contributed by atoms with Crippen molar-refractivity contribution < 1.29 is 10.2 Å². The molecule has 0 saturated carbocycles. The third-order valence-corrected chi connectivity index (χ3v) is 5.86. The largest absolute Gasteiger partial charge is 0.508 e. The van der Waals surface area contributed by atoms with Crippen molar-refractivity contribution >= 4 is 27.3 Å². The maximum absolute atomic E-state index is 11.4. The van der Waals surface area contributed by atoms with Crippen molar-refractivity contribution in [2.45, 2.75) is 6.10 Å². The molecular formula is C29H22O2. The van der Waals surface area contributed by atoms with E-state index in [4.69, 9.17) is 0 Å². The highest BCUT2D eigenvalue weighted by atomic mass is 16.3. The SMILES string of the molecule is C=C(O)c1ccc2ccccc2c1-c1c([C@@H](O)c2ccccc2)ccc2ccccc12. The second-order valence-corrected chi connectivity index (χ2v) is 7.72. The van der Waals surface area contributed by atoms with Crippen molar-refractivity contribution in [2.24, 2.45) is 0 Å². The Hall–Kier alpha value is -3.88. The summed E-state index contributed by atoms with van der Waals surface area (Å²) in [6.07, 6.45) is -0.806. The highest BCUT2D eigenvalue weighted by Gasteiger charge is 2.22. The molecule has 0 saturated heterocycles. The summed E-state index contributed by atoms with van der Waals surface area (Å²) in [4.78, 5) is 0. The molecule has 0 aliphatic heterocycles. The smallest absolute Gasteiger partial charge is 0.116 e. The first kappa shape index (κ1) is 19.1. The molecule has 0 amide bonds. The number of rotatable bonds is 4. The van der Waals surface area contributed by atoms with Crippen molar-refractivity contribution in [1.82, 2.24) is 0 Å². The Kier molecular flexibility index (Phi) is 4.78. The van der Waals surface area contributed by atoms with E-state index in [2.05, 4.69) is 30.8 Å². The van der Waals surface area contributed by atoms with Crippen LogP contribution in [0.3, 0.4) is 0 Å². The van der Waals surface area contributed by atoms with Gasteiger partial charge in [-0.05, 0) is 38.2 Å². The van der Waals surface area contributed by atoms with Crippen LogP contribution >= 0.6 is 0 Å². The van der Waals surface area contributed by atoms with E-state index in [-0.39, 0.29) is 5.76 Å². The van der Waals surface area contributed by atoms with Gasteiger partial charge in [0.1, 0.15) is 11.9 Å². The van der Waals surface area contributed by atoms with Crippen LogP contribution in [0.1, 0.15) is 22.8 Å². The molecule has 0 spiro atoms. The average molecular weight is 402 g/mol. The Morgan fingerprint density at radius 2 is 1.16 bits per heavy atom. The summed E-state index contributed by atoms with van der Waals surface area (Å²) in [7, 11) is 0. The molecule has 0 aliphatic rings. The molecule has 150 valence electrons. The molecule has 0 radical (unpaired) electrons. The lowest BCUT2D eigenvalue weighted by molar-refractivity contribution is 0.221. The summed E-state index contributed by atoms with van der Waals surface area (Å²) in [6.45, 7) is 3.82. The zero-order valence-corrected chi connectivity index (χ0v) is 17.0. The number of benzene rings is 5. The van der Waals surface area contributed by atoms with Crippen LogP contribution in [0.25, 0.3) is 38.4 Å². The van der Waals surface area contributed by atoms with Gasteiger partial charge in [-0.3, -0.25) is 0 Å². The van der Waals surface area contributed by atoms with Crippen LogP contribution in [0.5, 0.6) is 0 Å². The second kappa shape index (κ2) is 7.75. The van der Waals surface area contributed by atoms with Crippen molar-refractivity contribution in [2.75, 3.05) is 0 Å². The van der Waals surface area contributed by atoms with E-state index in [0.717, 1.165) is 43.8 Å². The normalized spacial score (nSPS) is 12.2. The molecule has 0 fully saturated rings. The Bertz CT molecular complexity index is 1420. The molecule has 1 atom stereocenters. The predicted octanol–water partition coefficient (Wildman–Crippen LogP) is 7.27. The average Bonchev–Trinajstić information content (AvgIpc) is 2.82. The molecule has 2 heteroatoms. The zero-order chi connectivity index (χ0) is 21.4. The molecule has 2 nitrogen and oxygen atoms in total. The van der Waals surface area contributed by atoms with Crippen molar-refractivity contribution in [1.29, 1.82) is 0 Å². The molecule has 0 unspecified atom stereocenters. The Balaban J connectivity index is 1.93. The van der Waals surface area contributed by atoms with Gasteiger partial charge in [0.05, 0.1) is 0 Å². The van der Waals surface area contributed by atoms with E-state index in [0.29, 0.717) is 5.56 Å². The highest BCUT2D eigenvalue weighted by Crippen LogP contribution is 2.43. The van der Waals surface area contributed by atoms with E-state index in [1.807, 2.05) is 78.9 Å². The van der Waals surface area contributed by atoms with Gasteiger partial charge in [-0.1, -0.05) is 110 Å². The lowest BCUT2D eigenvalue weighted by atomic mass is 9.84. The molecule has 0 heterocycles. The summed E-state index contributed by atoms with van der Waals surface area (Å²) >= 11 is 0. The first-order chi connectivity index (χ1) is 15.1. The minimum Gasteiger partial charge on any atom is -0.508 e. The van der Waals surface area contributed by atoms with Crippen LogP contribution in [0.15, 0.2) is 110 Å². The number of aliphatic hydroxyl groups excluding tert-OH is 2. The van der Waals surface area contributed by atoms with Gasteiger partial charge in [0.2, 0.25) is 0 Å². The molecule has 0 aromatic heterocycles. The number of aliphatic hydroxyl groups is 2. The third kappa shape index (κ3) is 3.27. The number of fused-ring (bicyclic) bond motifs is 2. The zero-order valence-electron chi connectivity index (χ0n) is 17.0. The van der Waals surface area contributed by atoms with Crippen LogP contribution in [0, 0.1) is 0 Å². The fraction of sp³-hybridized carbons (Fsp3) is 0.0345. The van der Waals surface area contributed by atoms with E-state index >= 15 is 0 Å². The minimum atomic E-state index is -0.806. The maximum atomic E-state index is 11.4. The fourth-order valence-electron chi connectivity index (χ4n) is 4.39. The fourth-order valence-corrected chi connectivity index (χ4v) is 4.39. The quantitative estimate of drug-likeness (QED) is 0.310. The minimum absolute atomic E-state index is 0.00818. The van der Waals surface area contributed by atoms with E-state index in [9.17, 15) is 10.2 Å². The monoisotopic (exact) mass is 402 g/mol. The summed E-state index contributed by atoms with van der Waals surface area (Å²) in [6, 6.07) is 33.8. The van der Waals surface area contributed by atoms with Gasteiger partial charge in [-0.2, -0.15) is 0 Å². The van der Waals surface area contributed by atoms with Gasteiger partial charge in [-0.25, -0.2) is 0 Å². The molecule has 5 aromatic carbocycles. The van der Waals surface area contributed by atoms with Gasteiger partial charge in [0.25, 0.3) is 0 Å². The van der Waals surface area contributed by atoms with Crippen LogP contribution < -0.4 is 0 Å². The number of hydrogen-bond donors (Lipinski definition) is 2. The van der Waals surface area contributed by atoms with Crippen molar-refractivity contribution in [3.05, 3.63) is 126 Å². The van der Waals surface area contributed by atoms with Gasteiger partial charge >= 0.3 is 0 Å². The highest BCUT2D eigenvalue weighted by molar-refractivity contribution is 6.09. The lowest BCUT2D eigenvalue weighted by Gasteiger charge is -2.22. The second-order valence-electron chi connectivity index (χ2n) is 7.72. The van der Waals surface area contributed by atoms with E-state index in [1.54, 1.807) is 0 Å². The summed E-state index contributed by atoms with van der Waals surface area (Å²) in [5, 5.41) is 26.1. The number of hydrogen-bond acceptors (Lipinski definition) is 2. The predicted molar refractivity (Wildman–Crippen MR) is 129 cm³/mol. The molecule has 5 rings (SSSR count). The first-order valence-electron chi connectivity index (χ1n) is 10.3. The third-order valence-electron chi connectivity index (χ3n) is 5.86. The van der Waals surface area contributed by atoms with E-state index in [1.165, 1.54) is 0 Å². The summed E-state index contributed by atoms with van der Waals surface area (Å²) in [5.74, 6) is 0.00818. The van der Waals surface area contributed by atoms with E-state index < -0.39 is 6.10 Å². The van der Waals surface area contributed by atoms with Crippen LogP contribution in [-0.2, 0) is 0 Å². The summed E-state index contributed by atoms with van der Waals surface area (Å²) in [5.41, 5.74) is 4.08. The first-order valence-corrected chi connectivity index (χ1v) is 10.3. The topological polar surface area (TPSA) is 40.5 Å². The lowest BCUT2D eigenvalue weighted by Crippen LogP contribution is -2.04.